The Bertz CT molecular complexity index is 401. The van der Waals surface area contributed by atoms with Crippen LogP contribution in [0.5, 0.6) is 0 Å². The standard InChI is InChI=1S/C15H33I2N6O2.HI/c1-18-2-6-20(7-3-18)17-15-23(25)12-10-21(11-13-23)16-14-19-4-8-22(24)9-5-19;/h24-25H,2-15H2,1H3;1H/q-1;. The molecule has 0 spiro atoms. The maximum Gasteiger partial charge on any atom is -1.00 e. The van der Waals surface area contributed by atoms with Crippen LogP contribution in [-0.4, -0.2) is 126 Å². The fraction of sp³-hybridized carbons (Fsp3) is 1.00. The summed E-state index contributed by atoms with van der Waals surface area (Å²) in [5.74, 6) is 0. The second kappa shape index (κ2) is 11.9. The van der Waals surface area contributed by atoms with Crippen LogP contribution in [0.4, 0.5) is 0 Å². The summed E-state index contributed by atoms with van der Waals surface area (Å²) >= 11 is -0.00922. The van der Waals surface area contributed by atoms with Crippen LogP contribution in [0.3, 0.4) is 0 Å². The topological polar surface area (TPSA) is 57.9 Å². The van der Waals surface area contributed by atoms with Gasteiger partial charge >= 0.3 is 174 Å². The van der Waals surface area contributed by atoms with Gasteiger partial charge in [0, 0.05) is 0 Å². The van der Waals surface area contributed by atoms with Gasteiger partial charge in [-0.15, -0.1) is 0 Å². The average molecular weight is 711 g/mol. The zero-order chi connectivity index (χ0) is 17.7. The third kappa shape index (κ3) is 7.95. The van der Waals surface area contributed by atoms with Crippen molar-refractivity contribution in [3.63, 3.8) is 0 Å². The third-order valence-corrected chi connectivity index (χ3v) is 11.9. The van der Waals surface area contributed by atoms with Gasteiger partial charge in [0.25, 0.3) is 0 Å². The Morgan fingerprint density at radius 2 is 1.46 bits per heavy atom. The van der Waals surface area contributed by atoms with Gasteiger partial charge in [-0.25, -0.2) is 0 Å². The number of piperazine rings is 3. The first-order chi connectivity index (χ1) is 12.0. The van der Waals surface area contributed by atoms with Gasteiger partial charge in [0.15, 0.2) is 0 Å². The molecule has 26 heavy (non-hydrogen) atoms. The molecule has 0 aromatic carbocycles. The first-order valence-corrected chi connectivity index (χ1v) is 14.2. The number of nitrogens with zero attached hydrogens (tertiary/aromatic N) is 5. The van der Waals surface area contributed by atoms with E-state index in [1.165, 1.54) is 30.7 Å². The van der Waals surface area contributed by atoms with Crippen LogP contribution in [0, 0.1) is 0 Å². The number of hydroxylamine groups is 5. The molecule has 3 aliphatic rings. The number of quaternary nitrogens is 2. The van der Waals surface area contributed by atoms with Crippen molar-refractivity contribution >= 4 is 0 Å². The molecule has 0 aromatic heterocycles. The quantitative estimate of drug-likeness (QED) is 0.0839. The summed E-state index contributed by atoms with van der Waals surface area (Å²) in [5, 5.41) is 21.1. The second-order valence-electron chi connectivity index (χ2n) is 7.33. The van der Waals surface area contributed by atoms with Gasteiger partial charge in [-0.1, -0.05) is 0 Å². The van der Waals surface area contributed by atoms with Crippen LogP contribution >= 0.6 is 0 Å². The van der Waals surface area contributed by atoms with Gasteiger partial charge < -0.3 is 24.0 Å². The first-order valence-electron chi connectivity index (χ1n) is 9.25. The van der Waals surface area contributed by atoms with Gasteiger partial charge in [-0.05, 0) is 0 Å². The molecule has 0 aliphatic carbocycles. The molecule has 0 radical (unpaired) electrons. The minimum absolute atomic E-state index is 0. The third-order valence-electron chi connectivity index (χ3n) is 5.24. The van der Waals surface area contributed by atoms with Crippen LogP contribution < -0.4 is 72.0 Å². The van der Waals surface area contributed by atoms with Crippen LogP contribution in [0.2, 0.25) is 0 Å². The first kappa shape index (κ1) is 24.1. The second-order valence-corrected chi connectivity index (χ2v) is 12.8. The molecule has 0 aromatic rings. The van der Waals surface area contributed by atoms with Crippen LogP contribution in [0.25, 0.3) is 0 Å². The van der Waals surface area contributed by atoms with E-state index in [2.05, 4.69) is 23.1 Å². The Morgan fingerprint density at radius 3 is 2.08 bits per heavy atom. The van der Waals surface area contributed by atoms with Crippen molar-refractivity contribution in [3.8, 4) is 0 Å². The maximum atomic E-state index is 10.9. The fourth-order valence-corrected chi connectivity index (χ4v) is 8.66. The monoisotopic (exact) mass is 711 g/mol. The largest absolute Gasteiger partial charge is 1.00 e. The molecule has 3 heterocycles. The molecule has 3 aliphatic heterocycles. The number of rotatable bonds is 6. The summed E-state index contributed by atoms with van der Waals surface area (Å²) < 4.78 is 7.71. The predicted octanol–water partition coefficient (Wildman–Crippen LogP) is -11.7. The number of halogens is 3. The van der Waals surface area contributed by atoms with Crippen LogP contribution in [0.15, 0.2) is 0 Å². The van der Waals surface area contributed by atoms with E-state index < -0.39 is 0 Å². The van der Waals surface area contributed by atoms with Gasteiger partial charge in [0.2, 0.25) is 0 Å². The summed E-state index contributed by atoms with van der Waals surface area (Å²) in [5.41, 5.74) is 0. The Labute approximate surface area is 196 Å². The minimum Gasteiger partial charge on any atom is -1.00 e. The molecule has 158 valence electrons. The van der Waals surface area contributed by atoms with Crippen LogP contribution in [-0.2, 0) is 0 Å². The van der Waals surface area contributed by atoms with Crippen molar-refractivity contribution in [2.45, 2.75) is 0 Å². The summed E-state index contributed by atoms with van der Waals surface area (Å²) in [4.78, 5) is 4.90. The van der Waals surface area contributed by atoms with E-state index in [0.29, 0.717) is 9.71 Å². The molecular weight excluding hydrogens is 677 g/mol. The van der Waals surface area contributed by atoms with Gasteiger partial charge in [0.1, 0.15) is 0 Å². The van der Waals surface area contributed by atoms with Crippen LogP contribution in [0.1, 0.15) is 0 Å². The molecule has 0 unspecified atom stereocenters. The number of hydrogen-bond donors (Lipinski definition) is 3. The van der Waals surface area contributed by atoms with Crippen molar-refractivity contribution in [3.05, 3.63) is 0 Å². The van der Waals surface area contributed by atoms with Crippen molar-refractivity contribution in [1.82, 2.24) is 16.0 Å². The van der Waals surface area contributed by atoms with E-state index in [1.807, 2.05) is 0 Å². The predicted molar refractivity (Wildman–Crippen MR) is 86.2 cm³/mol. The fourth-order valence-electron chi connectivity index (χ4n) is 3.21. The van der Waals surface area contributed by atoms with Crippen molar-refractivity contribution in [2.24, 2.45) is 0 Å². The van der Waals surface area contributed by atoms with Crippen molar-refractivity contribution in [2.75, 3.05) is 94.7 Å². The van der Waals surface area contributed by atoms with Gasteiger partial charge in [-0.3, -0.25) is 0 Å². The van der Waals surface area contributed by atoms with Crippen molar-refractivity contribution in [1.29, 1.82) is 0 Å². The van der Waals surface area contributed by atoms with E-state index >= 15 is 0 Å². The molecule has 0 bridgehead atoms. The normalized spacial score (nSPS) is 27.7. The summed E-state index contributed by atoms with van der Waals surface area (Å²) in [6.07, 6.45) is 0. The number of nitrogens with one attached hydrogen (secondary N) is 1. The molecule has 3 N–H and O–H groups in total. The Morgan fingerprint density at radius 1 is 0.885 bits per heavy atom. The average Bonchev–Trinajstić information content (AvgIpc) is 2.62. The molecule has 11 heteroatoms. The molecule has 0 saturated carbocycles. The summed E-state index contributed by atoms with van der Waals surface area (Å²) in [6.45, 7) is 12.4. The van der Waals surface area contributed by atoms with Gasteiger partial charge in [0.05, 0.1) is 0 Å². The Hall–Kier alpha value is 1.87. The molecule has 8 nitrogen and oxygen atoms in total. The van der Waals surface area contributed by atoms with E-state index in [4.69, 9.17) is 0 Å². The molecule has 3 saturated heterocycles. The van der Waals surface area contributed by atoms with Gasteiger partial charge in [-0.2, -0.15) is 0 Å². The van der Waals surface area contributed by atoms with E-state index in [9.17, 15) is 10.4 Å². The maximum absolute atomic E-state index is 10.9. The van der Waals surface area contributed by atoms with Crippen molar-refractivity contribution < 1.29 is 87.1 Å². The molecule has 0 amide bonds. The Kier molecular flexibility index (Phi) is 11.1. The van der Waals surface area contributed by atoms with E-state index in [0.717, 1.165) is 56.9 Å². The smallest absolute Gasteiger partial charge is 1.00 e. The number of alkyl halides is 2. The SMILES string of the molecule is CN1CCN([I-]C[N+]2(O)CCN([I-]CN3CC[NH+](O)CC3)CC2)CC1.[I-]. The van der Waals surface area contributed by atoms with E-state index in [1.54, 1.807) is 0 Å². The van der Waals surface area contributed by atoms with E-state index in [-0.39, 0.29) is 66.9 Å². The zero-order valence-electron chi connectivity index (χ0n) is 15.7. The zero-order valence-corrected chi connectivity index (χ0v) is 22.1. The molecule has 3 fully saturated rings. The number of hydrogen-bond acceptors (Lipinski definition) is 6. The molecule has 0 atom stereocenters. The number of likely N-dealkylation sites (N-methyl/N-ethyl adjacent to an activating group) is 1. The summed E-state index contributed by atoms with van der Waals surface area (Å²) in [6, 6.07) is 0. The molecular formula is C15H34I3N6O2-. The summed E-state index contributed by atoms with van der Waals surface area (Å²) in [7, 11) is 2.20. The Balaban J connectivity index is 0.00000243. The molecule has 3 rings (SSSR count). The minimum atomic E-state index is -0.0434.